The number of nitrogens with two attached hydrogens (primary N) is 1. The highest BCUT2D eigenvalue weighted by atomic mass is 16.1. The number of nitrogens with one attached hydrogen (secondary N) is 1. The zero-order valence-corrected chi connectivity index (χ0v) is 9.59. The minimum absolute atomic E-state index is 0.143. The first-order valence-corrected chi connectivity index (χ1v) is 6.15. The zero-order valence-electron chi connectivity index (χ0n) is 9.59. The molecule has 3 nitrogen and oxygen atoms in total. The molecule has 3 heteroatoms. The van der Waals surface area contributed by atoms with Crippen LogP contribution in [0.2, 0.25) is 0 Å². The zero-order chi connectivity index (χ0) is 10.9. The minimum atomic E-state index is -0.174. The van der Waals surface area contributed by atoms with Crippen molar-refractivity contribution in [3.8, 4) is 0 Å². The highest BCUT2D eigenvalue weighted by molar-refractivity contribution is 5.77. The lowest BCUT2D eigenvalue weighted by molar-refractivity contribution is -0.123. The van der Waals surface area contributed by atoms with E-state index in [0.717, 1.165) is 25.3 Å². The van der Waals surface area contributed by atoms with Gasteiger partial charge in [0.15, 0.2) is 0 Å². The van der Waals surface area contributed by atoms with Crippen LogP contribution in [-0.2, 0) is 4.79 Å². The normalized spacial score (nSPS) is 25.5. The van der Waals surface area contributed by atoms with Crippen LogP contribution in [0.4, 0.5) is 0 Å². The van der Waals surface area contributed by atoms with Gasteiger partial charge < -0.3 is 11.1 Å². The molecule has 2 aliphatic rings. The quantitative estimate of drug-likeness (QED) is 0.721. The van der Waals surface area contributed by atoms with Gasteiger partial charge in [0.1, 0.15) is 0 Å². The van der Waals surface area contributed by atoms with E-state index in [-0.39, 0.29) is 11.4 Å². The van der Waals surface area contributed by atoms with Crippen molar-refractivity contribution in [3.05, 3.63) is 0 Å². The van der Waals surface area contributed by atoms with Crippen LogP contribution in [0.25, 0.3) is 0 Å². The van der Waals surface area contributed by atoms with Gasteiger partial charge in [-0.3, -0.25) is 4.79 Å². The first-order chi connectivity index (χ1) is 7.09. The van der Waals surface area contributed by atoms with Crippen molar-refractivity contribution in [2.75, 3.05) is 6.54 Å². The maximum atomic E-state index is 11.6. The summed E-state index contributed by atoms with van der Waals surface area (Å²) in [5, 5.41) is 3.01. The van der Waals surface area contributed by atoms with Gasteiger partial charge in [-0.05, 0) is 43.9 Å². The van der Waals surface area contributed by atoms with Crippen molar-refractivity contribution in [1.29, 1.82) is 0 Å². The molecule has 2 aliphatic carbocycles. The molecular weight excluding hydrogens is 188 g/mol. The lowest BCUT2D eigenvalue weighted by atomic mass is 9.75. The molecule has 3 N–H and O–H groups in total. The van der Waals surface area contributed by atoms with Gasteiger partial charge in [-0.25, -0.2) is 0 Å². The number of carbonyl (C=O) groups is 1. The molecule has 15 heavy (non-hydrogen) atoms. The lowest BCUT2D eigenvalue weighted by Gasteiger charge is -2.37. The average Bonchev–Trinajstić information content (AvgIpc) is 2.94. The van der Waals surface area contributed by atoms with E-state index < -0.39 is 0 Å². The second-order valence-corrected chi connectivity index (χ2v) is 5.51. The fraction of sp³-hybridized carbons (Fsp3) is 0.917. The first kappa shape index (κ1) is 10.9. The van der Waals surface area contributed by atoms with E-state index in [2.05, 4.69) is 12.2 Å². The summed E-state index contributed by atoms with van der Waals surface area (Å²) < 4.78 is 0. The fourth-order valence-electron chi connectivity index (χ4n) is 2.30. The number of carbonyl (C=O) groups excluding carboxylic acids is 1. The largest absolute Gasteiger partial charge is 0.356 e. The number of rotatable bonds is 5. The van der Waals surface area contributed by atoms with Crippen molar-refractivity contribution in [3.63, 3.8) is 0 Å². The number of hydrogen-bond donors (Lipinski definition) is 2. The minimum Gasteiger partial charge on any atom is -0.356 e. The van der Waals surface area contributed by atoms with Gasteiger partial charge in [0.25, 0.3) is 0 Å². The summed E-state index contributed by atoms with van der Waals surface area (Å²) in [4.78, 5) is 11.6. The molecule has 1 unspecified atom stereocenters. The van der Waals surface area contributed by atoms with Crippen molar-refractivity contribution < 1.29 is 4.79 Å². The average molecular weight is 210 g/mol. The van der Waals surface area contributed by atoms with Gasteiger partial charge in [-0.1, -0.05) is 6.92 Å². The fourth-order valence-corrected chi connectivity index (χ4v) is 2.30. The summed E-state index contributed by atoms with van der Waals surface area (Å²) in [6.45, 7) is 3.05. The Labute approximate surface area is 91.8 Å². The number of hydrogen-bond acceptors (Lipinski definition) is 2. The molecule has 0 aliphatic heterocycles. The van der Waals surface area contributed by atoms with Crippen LogP contribution >= 0.6 is 0 Å². The van der Waals surface area contributed by atoms with Crippen LogP contribution in [0.5, 0.6) is 0 Å². The lowest BCUT2D eigenvalue weighted by Crippen LogP contribution is -2.50. The smallest absolute Gasteiger partial charge is 0.221 e. The Morgan fingerprint density at radius 3 is 2.67 bits per heavy atom. The molecule has 1 amide bonds. The summed E-state index contributed by atoms with van der Waals surface area (Å²) in [6.07, 6.45) is 6.42. The van der Waals surface area contributed by atoms with Crippen LogP contribution in [-0.4, -0.2) is 18.0 Å². The van der Waals surface area contributed by atoms with Crippen molar-refractivity contribution >= 4 is 5.91 Å². The predicted molar refractivity (Wildman–Crippen MR) is 60.3 cm³/mol. The summed E-state index contributed by atoms with van der Waals surface area (Å²) in [5.41, 5.74) is 5.85. The molecule has 2 rings (SSSR count). The standard InChI is InChI=1S/C12H22N2O/c1-9(10-3-4-10)8-14-11(15)7-12(13)5-2-6-12/h9-10H,2-8,13H2,1H3,(H,14,15). The maximum absolute atomic E-state index is 11.6. The molecule has 0 aromatic rings. The van der Waals surface area contributed by atoms with Gasteiger partial charge in [0, 0.05) is 18.5 Å². The Bertz CT molecular complexity index is 244. The summed E-state index contributed by atoms with van der Waals surface area (Å²) in [6, 6.07) is 0. The molecule has 1 atom stereocenters. The van der Waals surface area contributed by atoms with Gasteiger partial charge >= 0.3 is 0 Å². The van der Waals surface area contributed by atoms with Crippen LogP contribution in [0.3, 0.4) is 0 Å². The second kappa shape index (κ2) is 4.12. The molecule has 2 saturated carbocycles. The summed E-state index contributed by atoms with van der Waals surface area (Å²) in [7, 11) is 0. The summed E-state index contributed by atoms with van der Waals surface area (Å²) in [5.74, 6) is 1.65. The van der Waals surface area contributed by atoms with Crippen molar-refractivity contribution in [1.82, 2.24) is 5.32 Å². The molecule has 0 aromatic carbocycles. The van der Waals surface area contributed by atoms with Crippen molar-refractivity contribution in [2.45, 2.75) is 51.0 Å². The Kier molecular flexibility index (Phi) is 3.01. The van der Waals surface area contributed by atoms with Crippen molar-refractivity contribution in [2.24, 2.45) is 17.6 Å². The predicted octanol–water partition coefficient (Wildman–Crippen LogP) is 1.42. The van der Waals surface area contributed by atoms with E-state index in [1.807, 2.05) is 0 Å². The van der Waals surface area contributed by atoms with Crippen LogP contribution < -0.4 is 11.1 Å². The highest BCUT2D eigenvalue weighted by Crippen LogP contribution is 2.36. The maximum Gasteiger partial charge on any atom is 0.221 e. The van der Waals surface area contributed by atoms with Gasteiger partial charge in [-0.15, -0.1) is 0 Å². The molecular formula is C12H22N2O. The third-order valence-electron chi connectivity index (χ3n) is 3.91. The van der Waals surface area contributed by atoms with E-state index in [0.29, 0.717) is 12.3 Å². The molecule has 2 fully saturated rings. The Morgan fingerprint density at radius 2 is 2.20 bits per heavy atom. The van der Waals surface area contributed by atoms with Crippen LogP contribution in [0, 0.1) is 11.8 Å². The number of amides is 1. The molecule has 0 aromatic heterocycles. The Hall–Kier alpha value is -0.570. The summed E-state index contributed by atoms with van der Waals surface area (Å²) >= 11 is 0. The van der Waals surface area contributed by atoms with E-state index in [1.54, 1.807) is 0 Å². The molecule has 86 valence electrons. The van der Waals surface area contributed by atoms with E-state index in [4.69, 9.17) is 5.73 Å². The third-order valence-corrected chi connectivity index (χ3v) is 3.91. The van der Waals surface area contributed by atoms with Crippen LogP contribution in [0.15, 0.2) is 0 Å². The van der Waals surface area contributed by atoms with Gasteiger partial charge in [0.2, 0.25) is 5.91 Å². The van der Waals surface area contributed by atoms with Crippen LogP contribution in [0.1, 0.15) is 45.4 Å². The first-order valence-electron chi connectivity index (χ1n) is 6.15. The topological polar surface area (TPSA) is 55.1 Å². The van der Waals surface area contributed by atoms with E-state index in [9.17, 15) is 4.79 Å². The molecule has 0 spiro atoms. The molecule has 0 bridgehead atoms. The Morgan fingerprint density at radius 1 is 1.53 bits per heavy atom. The second-order valence-electron chi connectivity index (χ2n) is 5.51. The van der Waals surface area contributed by atoms with E-state index >= 15 is 0 Å². The van der Waals surface area contributed by atoms with Gasteiger partial charge in [0.05, 0.1) is 0 Å². The highest BCUT2D eigenvalue weighted by Gasteiger charge is 2.35. The molecule has 0 saturated heterocycles. The van der Waals surface area contributed by atoms with E-state index in [1.165, 1.54) is 19.3 Å². The Balaban J connectivity index is 1.63. The molecule has 0 heterocycles. The third kappa shape index (κ3) is 2.94. The SMILES string of the molecule is CC(CNC(=O)CC1(N)CCC1)C1CC1. The van der Waals surface area contributed by atoms with Gasteiger partial charge in [-0.2, -0.15) is 0 Å². The monoisotopic (exact) mass is 210 g/mol. The molecule has 0 radical (unpaired) electrons.